The molecule has 1 aromatic carbocycles. The Labute approximate surface area is 159 Å². The van der Waals surface area contributed by atoms with Gasteiger partial charge in [-0.25, -0.2) is 0 Å². The Balaban J connectivity index is 1.95. The molecule has 0 atom stereocenters. The van der Waals surface area contributed by atoms with Crippen LogP contribution in [0.4, 0.5) is 13.2 Å². The van der Waals surface area contributed by atoms with Crippen molar-refractivity contribution in [3.63, 3.8) is 0 Å². The Bertz CT molecular complexity index is 626. The molecule has 1 aromatic rings. The van der Waals surface area contributed by atoms with Crippen molar-refractivity contribution in [2.45, 2.75) is 44.9 Å². The molecule has 1 aliphatic rings. The lowest BCUT2D eigenvalue weighted by molar-refractivity contribution is -0.138. The minimum atomic E-state index is -4.44. The van der Waals surface area contributed by atoms with E-state index in [4.69, 9.17) is 4.74 Å². The van der Waals surface area contributed by atoms with E-state index < -0.39 is 11.7 Å². The number of halogens is 3. The van der Waals surface area contributed by atoms with Crippen molar-refractivity contribution in [3.05, 3.63) is 29.3 Å². The van der Waals surface area contributed by atoms with Crippen LogP contribution in [0.3, 0.4) is 0 Å². The molecular weight excluding hydrogens is 357 g/mol. The average Bonchev–Trinajstić information content (AvgIpc) is 2.65. The van der Waals surface area contributed by atoms with E-state index in [2.05, 4.69) is 27.4 Å². The fraction of sp³-hybridized carbons (Fsp3) is 0.632. The fourth-order valence-corrected chi connectivity index (χ4v) is 3.28. The van der Waals surface area contributed by atoms with Crippen molar-refractivity contribution in [1.29, 1.82) is 0 Å². The lowest BCUT2D eigenvalue weighted by Gasteiger charge is -2.32. The second-order valence-electron chi connectivity index (χ2n) is 6.71. The van der Waals surface area contributed by atoms with E-state index >= 15 is 0 Å². The van der Waals surface area contributed by atoms with E-state index in [1.807, 2.05) is 0 Å². The van der Waals surface area contributed by atoms with Crippen molar-refractivity contribution >= 4 is 5.96 Å². The zero-order valence-corrected chi connectivity index (χ0v) is 16.2. The third-order valence-electron chi connectivity index (χ3n) is 4.76. The van der Waals surface area contributed by atoms with Gasteiger partial charge in [0.05, 0.1) is 12.7 Å². The van der Waals surface area contributed by atoms with Crippen LogP contribution >= 0.6 is 0 Å². The maximum atomic E-state index is 13.3. The minimum Gasteiger partial charge on any atom is -0.497 e. The molecule has 0 bridgehead atoms. The first-order valence-electron chi connectivity index (χ1n) is 9.31. The largest absolute Gasteiger partial charge is 0.497 e. The first-order valence-corrected chi connectivity index (χ1v) is 9.31. The van der Waals surface area contributed by atoms with Crippen LogP contribution in [0.1, 0.15) is 37.3 Å². The highest BCUT2D eigenvalue weighted by Gasteiger charge is 2.33. The number of piperidine rings is 1. The van der Waals surface area contributed by atoms with Crippen molar-refractivity contribution in [2.75, 3.05) is 33.8 Å². The van der Waals surface area contributed by atoms with Crippen LogP contribution < -0.4 is 15.4 Å². The van der Waals surface area contributed by atoms with Gasteiger partial charge in [0, 0.05) is 32.7 Å². The zero-order chi connectivity index (χ0) is 19.9. The summed E-state index contributed by atoms with van der Waals surface area (Å²) in [6.45, 7) is 5.37. The number of benzene rings is 1. The van der Waals surface area contributed by atoms with Gasteiger partial charge in [0.25, 0.3) is 0 Å². The zero-order valence-electron chi connectivity index (χ0n) is 16.2. The van der Waals surface area contributed by atoms with Crippen LogP contribution in [-0.4, -0.2) is 50.7 Å². The van der Waals surface area contributed by atoms with Crippen LogP contribution in [0, 0.1) is 0 Å². The van der Waals surface area contributed by atoms with Gasteiger partial charge >= 0.3 is 6.18 Å². The summed E-state index contributed by atoms with van der Waals surface area (Å²) in [6, 6.07) is 4.27. The van der Waals surface area contributed by atoms with Crippen molar-refractivity contribution in [3.8, 4) is 5.75 Å². The molecule has 1 saturated heterocycles. The maximum absolute atomic E-state index is 13.3. The molecule has 2 rings (SSSR count). The van der Waals surface area contributed by atoms with Crippen LogP contribution in [0.15, 0.2) is 23.2 Å². The van der Waals surface area contributed by atoms with Gasteiger partial charge in [-0.2, -0.15) is 13.2 Å². The molecule has 0 saturated carbocycles. The molecule has 152 valence electrons. The number of hydrogen-bond acceptors (Lipinski definition) is 3. The Morgan fingerprint density at radius 2 is 2.00 bits per heavy atom. The highest BCUT2D eigenvalue weighted by atomic mass is 19.4. The number of rotatable bonds is 6. The Morgan fingerprint density at radius 1 is 1.30 bits per heavy atom. The van der Waals surface area contributed by atoms with Gasteiger partial charge in [-0.05, 0) is 43.5 Å². The number of guanidine groups is 1. The van der Waals surface area contributed by atoms with Gasteiger partial charge in [0.1, 0.15) is 5.75 Å². The van der Waals surface area contributed by atoms with Crippen molar-refractivity contribution in [2.24, 2.45) is 4.99 Å². The van der Waals surface area contributed by atoms with E-state index in [-0.39, 0.29) is 23.9 Å². The fourth-order valence-electron chi connectivity index (χ4n) is 3.28. The second kappa shape index (κ2) is 9.82. The number of aliphatic imine (C=N–C) groups is 1. The van der Waals surface area contributed by atoms with Gasteiger partial charge in [0.15, 0.2) is 5.96 Å². The number of hydrogen-bond donors (Lipinski definition) is 2. The topological polar surface area (TPSA) is 48.9 Å². The summed E-state index contributed by atoms with van der Waals surface area (Å²) in [7, 11) is 2.98. The number of ether oxygens (including phenoxy) is 1. The summed E-state index contributed by atoms with van der Waals surface area (Å²) in [5.74, 6) is 0.709. The number of nitrogens with zero attached hydrogens (tertiary/aromatic N) is 2. The summed E-state index contributed by atoms with van der Waals surface area (Å²) < 4.78 is 44.8. The first kappa shape index (κ1) is 21.3. The number of likely N-dealkylation sites (tertiary alicyclic amines) is 1. The van der Waals surface area contributed by atoms with Gasteiger partial charge in [0.2, 0.25) is 0 Å². The van der Waals surface area contributed by atoms with Crippen molar-refractivity contribution in [1.82, 2.24) is 15.5 Å². The molecule has 0 radical (unpaired) electrons. The molecular formula is C19H29F3N4O. The molecule has 1 heterocycles. The molecule has 1 aliphatic heterocycles. The Hall–Kier alpha value is -1.96. The maximum Gasteiger partial charge on any atom is 0.416 e. The Kier molecular flexibility index (Phi) is 7.77. The van der Waals surface area contributed by atoms with Crippen LogP contribution in [-0.2, 0) is 12.7 Å². The normalized spacial score (nSPS) is 17.0. The van der Waals surface area contributed by atoms with Crippen LogP contribution in [0.5, 0.6) is 5.75 Å². The van der Waals surface area contributed by atoms with E-state index in [0.29, 0.717) is 5.96 Å². The lowest BCUT2D eigenvalue weighted by atomic mass is 10.0. The quantitative estimate of drug-likeness (QED) is 0.582. The molecule has 2 N–H and O–H groups in total. The van der Waals surface area contributed by atoms with Crippen LogP contribution in [0.2, 0.25) is 0 Å². The molecule has 1 fully saturated rings. The number of methoxy groups -OCH3 is 1. The second-order valence-corrected chi connectivity index (χ2v) is 6.71. The van der Waals surface area contributed by atoms with Gasteiger partial charge < -0.3 is 20.3 Å². The molecule has 0 unspecified atom stereocenters. The molecule has 8 heteroatoms. The summed E-state index contributed by atoms with van der Waals surface area (Å²) in [6.07, 6.45) is -1.30. The molecule has 0 spiro atoms. The number of nitrogens with one attached hydrogen (secondary N) is 2. The Morgan fingerprint density at radius 3 is 2.56 bits per heavy atom. The van der Waals surface area contributed by atoms with E-state index in [1.54, 1.807) is 7.05 Å². The van der Waals surface area contributed by atoms with Gasteiger partial charge in [-0.1, -0.05) is 13.0 Å². The third kappa shape index (κ3) is 6.30. The molecule has 5 nitrogen and oxygen atoms in total. The standard InChI is InChI=1S/C19H29F3N4O/c1-4-9-26-10-7-15(8-11-26)25-18(23-2)24-13-14-5-6-16(27-3)12-17(14)19(20,21)22/h5-6,12,15H,4,7-11,13H2,1-3H3,(H2,23,24,25). The molecule has 0 amide bonds. The minimum absolute atomic E-state index is 0.0349. The third-order valence-corrected chi connectivity index (χ3v) is 4.76. The average molecular weight is 386 g/mol. The van der Waals surface area contributed by atoms with E-state index in [9.17, 15) is 13.2 Å². The molecule has 27 heavy (non-hydrogen) atoms. The van der Waals surface area contributed by atoms with Crippen molar-refractivity contribution < 1.29 is 17.9 Å². The highest BCUT2D eigenvalue weighted by Crippen LogP contribution is 2.34. The van der Waals surface area contributed by atoms with Gasteiger partial charge in [-0.3, -0.25) is 4.99 Å². The predicted octanol–water partition coefficient (Wildman–Crippen LogP) is 3.25. The number of alkyl halides is 3. The summed E-state index contributed by atoms with van der Waals surface area (Å²) in [5.41, 5.74) is -0.540. The van der Waals surface area contributed by atoms with Crippen LogP contribution in [0.25, 0.3) is 0 Å². The van der Waals surface area contributed by atoms with E-state index in [0.717, 1.165) is 45.0 Å². The summed E-state index contributed by atoms with van der Waals surface area (Å²) in [5, 5.41) is 6.33. The SMILES string of the molecule is CCCN1CCC(NC(=NC)NCc2ccc(OC)cc2C(F)(F)F)CC1. The summed E-state index contributed by atoms with van der Waals surface area (Å²) >= 11 is 0. The predicted molar refractivity (Wildman–Crippen MR) is 101 cm³/mol. The lowest BCUT2D eigenvalue weighted by Crippen LogP contribution is -2.48. The molecule has 0 aromatic heterocycles. The summed E-state index contributed by atoms with van der Waals surface area (Å²) in [4.78, 5) is 6.58. The smallest absolute Gasteiger partial charge is 0.416 e. The van der Waals surface area contributed by atoms with Gasteiger partial charge in [-0.15, -0.1) is 0 Å². The first-order chi connectivity index (χ1) is 12.9. The monoisotopic (exact) mass is 386 g/mol. The molecule has 0 aliphatic carbocycles. The highest BCUT2D eigenvalue weighted by molar-refractivity contribution is 5.80. The van der Waals surface area contributed by atoms with E-state index in [1.165, 1.54) is 19.2 Å².